The van der Waals surface area contributed by atoms with Crippen molar-refractivity contribution in [1.82, 2.24) is 20.1 Å². The monoisotopic (exact) mass is 556 g/mol. The summed E-state index contributed by atoms with van der Waals surface area (Å²) in [5, 5.41) is 3.17. The van der Waals surface area contributed by atoms with Gasteiger partial charge in [0, 0.05) is 32.7 Å². The van der Waals surface area contributed by atoms with Crippen LogP contribution in [0.5, 0.6) is 5.75 Å². The summed E-state index contributed by atoms with van der Waals surface area (Å²) in [4.78, 5) is 48.2. The number of hydrogen-bond donors (Lipinski definition) is 1. The molecular weight excluding hydrogens is 520 g/mol. The van der Waals surface area contributed by atoms with Crippen LogP contribution in [0.4, 0.5) is 0 Å². The molecule has 9 nitrogen and oxygen atoms in total. The molecule has 0 bridgehead atoms. The number of piperidine rings is 1. The van der Waals surface area contributed by atoms with Crippen molar-refractivity contribution < 1.29 is 23.5 Å². The van der Waals surface area contributed by atoms with E-state index in [0.717, 1.165) is 31.2 Å². The van der Waals surface area contributed by atoms with Crippen LogP contribution >= 0.6 is 0 Å². The highest BCUT2D eigenvalue weighted by Gasteiger charge is 2.53. The molecule has 2 fully saturated rings. The molecule has 214 valence electrons. The van der Waals surface area contributed by atoms with Crippen LogP contribution in [0.2, 0.25) is 0 Å². The summed E-state index contributed by atoms with van der Waals surface area (Å²) in [5.74, 6) is 0.388. The lowest BCUT2D eigenvalue weighted by molar-refractivity contribution is -0.136. The van der Waals surface area contributed by atoms with Gasteiger partial charge in [0.25, 0.3) is 11.8 Å². The summed E-state index contributed by atoms with van der Waals surface area (Å²) in [5.41, 5.74) is 1.22. The van der Waals surface area contributed by atoms with E-state index in [0.29, 0.717) is 63.5 Å². The van der Waals surface area contributed by atoms with E-state index in [9.17, 15) is 14.4 Å². The number of hydrogen-bond acceptors (Lipinski definition) is 6. The van der Waals surface area contributed by atoms with Crippen LogP contribution in [0, 0.1) is 5.41 Å². The topological polar surface area (TPSA) is 105 Å². The van der Waals surface area contributed by atoms with Gasteiger partial charge in [-0.1, -0.05) is 42.5 Å². The Balaban J connectivity index is 1.21. The SMILES string of the molecule is O=C1NCC2(CCN(C(=O)c3cocn3)CCCOc3ccccc31)CCN(C(=O)C1(c3ccccc3)CC1)CC2. The molecule has 0 unspecified atom stereocenters. The third kappa shape index (κ3) is 5.58. The Kier molecular flexibility index (Phi) is 7.51. The van der Waals surface area contributed by atoms with Crippen molar-refractivity contribution in [2.75, 3.05) is 39.3 Å². The third-order valence-corrected chi connectivity index (χ3v) is 9.03. The van der Waals surface area contributed by atoms with Gasteiger partial charge in [-0.3, -0.25) is 14.4 Å². The second-order valence-corrected chi connectivity index (χ2v) is 11.5. The van der Waals surface area contributed by atoms with E-state index in [1.54, 1.807) is 17.0 Å². The van der Waals surface area contributed by atoms with Crippen LogP contribution in [0.3, 0.4) is 0 Å². The van der Waals surface area contributed by atoms with Gasteiger partial charge in [0.05, 0.1) is 17.6 Å². The predicted molar refractivity (Wildman–Crippen MR) is 152 cm³/mol. The lowest BCUT2D eigenvalue weighted by Crippen LogP contribution is -2.51. The van der Waals surface area contributed by atoms with Crippen molar-refractivity contribution >= 4 is 17.7 Å². The highest BCUT2D eigenvalue weighted by atomic mass is 16.5. The molecule has 9 heteroatoms. The number of fused-ring (bicyclic) bond motifs is 1. The van der Waals surface area contributed by atoms with Gasteiger partial charge in [-0.15, -0.1) is 0 Å². The lowest BCUT2D eigenvalue weighted by atomic mass is 9.74. The Labute approximate surface area is 239 Å². The highest BCUT2D eigenvalue weighted by molar-refractivity contribution is 5.97. The summed E-state index contributed by atoms with van der Waals surface area (Å²) in [6.45, 7) is 3.09. The fourth-order valence-electron chi connectivity index (χ4n) is 6.26. The Bertz CT molecular complexity index is 1380. The Morgan fingerprint density at radius 2 is 1.56 bits per heavy atom. The van der Waals surface area contributed by atoms with Crippen LogP contribution < -0.4 is 10.1 Å². The minimum atomic E-state index is -0.394. The molecule has 1 spiro atoms. The van der Waals surface area contributed by atoms with Gasteiger partial charge in [0.1, 0.15) is 12.0 Å². The maximum absolute atomic E-state index is 13.7. The summed E-state index contributed by atoms with van der Waals surface area (Å²) < 4.78 is 11.0. The molecule has 3 amide bonds. The number of nitrogens with one attached hydrogen (secondary N) is 1. The fraction of sp³-hybridized carbons (Fsp3) is 0.438. The van der Waals surface area contributed by atoms with Gasteiger partial charge in [0.2, 0.25) is 5.91 Å². The zero-order valence-electron chi connectivity index (χ0n) is 23.2. The van der Waals surface area contributed by atoms with Gasteiger partial charge in [-0.2, -0.15) is 0 Å². The van der Waals surface area contributed by atoms with Gasteiger partial charge in [0.15, 0.2) is 12.1 Å². The first-order valence-corrected chi connectivity index (χ1v) is 14.5. The molecule has 1 aromatic heterocycles. The number of amides is 3. The van der Waals surface area contributed by atoms with E-state index in [2.05, 4.69) is 22.4 Å². The van der Waals surface area contributed by atoms with Crippen LogP contribution in [0.15, 0.2) is 71.7 Å². The van der Waals surface area contributed by atoms with Crippen LogP contribution in [-0.2, 0) is 10.2 Å². The largest absolute Gasteiger partial charge is 0.493 e. The van der Waals surface area contributed by atoms with E-state index in [4.69, 9.17) is 9.15 Å². The molecule has 0 radical (unpaired) electrons. The van der Waals surface area contributed by atoms with Crippen molar-refractivity contribution in [2.24, 2.45) is 5.41 Å². The van der Waals surface area contributed by atoms with Crippen molar-refractivity contribution in [3.8, 4) is 5.75 Å². The van der Waals surface area contributed by atoms with E-state index in [1.807, 2.05) is 35.2 Å². The van der Waals surface area contributed by atoms with E-state index in [1.165, 1.54) is 12.7 Å². The normalized spacial score (nSPS) is 20.4. The second kappa shape index (κ2) is 11.4. The molecule has 6 rings (SSSR count). The third-order valence-electron chi connectivity index (χ3n) is 9.03. The molecule has 1 N–H and O–H groups in total. The molecule has 2 aliphatic heterocycles. The minimum absolute atomic E-state index is 0.172. The number of para-hydroxylation sites is 1. The fourth-order valence-corrected chi connectivity index (χ4v) is 6.26. The second-order valence-electron chi connectivity index (χ2n) is 11.5. The molecule has 3 heterocycles. The molecule has 2 aromatic carbocycles. The first-order chi connectivity index (χ1) is 20.0. The van der Waals surface area contributed by atoms with Crippen molar-refractivity contribution in [1.29, 1.82) is 0 Å². The first kappa shape index (κ1) is 27.1. The van der Waals surface area contributed by atoms with Crippen LogP contribution in [0.1, 0.15) is 64.9 Å². The van der Waals surface area contributed by atoms with Crippen molar-refractivity contribution in [3.63, 3.8) is 0 Å². The van der Waals surface area contributed by atoms with Crippen LogP contribution in [0.25, 0.3) is 0 Å². The number of likely N-dealkylation sites (tertiary alicyclic amines) is 1. The van der Waals surface area contributed by atoms with Gasteiger partial charge in [-0.25, -0.2) is 4.98 Å². The maximum Gasteiger partial charge on any atom is 0.275 e. The quantitative estimate of drug-likeness (QED) is 0.522. The first-order valence-electron chi connectivity index (χ1n) is 14.5. The van der Waals surface area contributed by atoms with Gasteiger partial charge in [-0.05, 0) is 61.6 Å². The smallest absolute Gasteiger partial charge is 0.275 e. The number of nitrogens with zero attached hydrogens (tertiary/aromatic N) is 3. The highest BCUT2D eigenvalue weighted by Crippen LogP contribution is 2.50. The Morgan fingerprint density at radius 3 is 2.27 bits per heavy atom. The number of carbonyl (C=O) groups excluding carboxylic acids is 3. The molecule has 1 aliphatic carbocycles. The lowest BCUT2D eigenvalue weighted by Gasteiger charge is -2.44. The van der Waals surface area contributed by atoms with Gasteiger partial charge < -0.3 is 24.3 Å². The molecule has 0 atom stereocenters. The zero-order valence-corrected chi connectivity index (χ0v) is 23.2. The van der Waals surface area contributed by atoms with Crippen LogP contribution in [-0.4, -0.2) is 71.8 Å². The van der Waals surface area contributed by atoms with Gasteiger partial charge >= 0.3 is 0 Å². The summed E-state index contributed by atoms with van der Waals surface area (Å²) in [7, 11) is 0. The van der Waals surface area contributed by atoms with Crippen molar-refractivity contribution in [2.45, 2.75) is 43.9 Å². The maximum atomic E-state index is 13.7. The zero-order chi connectivity index (χ0) is 28.3. The van der Waals surface area contributed by atoms with E-state index in [-0.39, 0.29) is 28.8 Å². The Hall–Kier alpha value is -4.14. The summed E-state index contributed by atoms with van der Waals surface area (Å²) >= 11 is 0. The summed E-state index contributed by atoms with van der Waals surface area (Å²) in [6, 6.07) is 17.4. The number of rotatable bonds is 3. The number of ether oxygens (including phenoxy) is 1. The molecule has 3 aliphatic rings. The number of aromatic nitrogens is 1. The Morgan fingerprint density at radius 1 is 0.854 bits per heavy atom. The number of oxazole rings is 1. The minimum Gasteiger partial charge on any atom is -0.493 e. The molecular formula is C32H36N4O5. The molecule has 1 saturated carbocycles. The average Bonchev–Trinajstić information content (AvgIpc) is 3.64. The molecule has 1 saturated heterocycles. The molecule has 3 aromatic rings. The number of benzene rings is 2. The predicted octanol–water partition coefficient (Wildman–Crippen LogP) is 4.06. The summed E-state index contributed by atoms with van der Waals surface area (Å²) in [6.07, 6.45) is 7.20. The van der Waals surface area contributed by atoms with E-state index >= 15 is 0 Å². The van der Waals surface area contributed by atoms with Crippen molar-refractivity contribution in [3.05, 3.63) is 84.1 Å². The molecule has 41 heavy (non-hydrogen) atoms. The standard InChI is InChI=1S/C32H36N4O5/c37-28-25-9-4-5-10-27(25)41-20-6-16-35(29(38)26-21-40-23-34-26)17-13-31(22-33-28)14-18-36(19-15-31)30(39)32(11-12-32)24-7-2-1-3-8-24/h1-5,7-10,21,23H,6,11-20,22H2,(H,33,37). The number of carbonyl (C=O) groups is 3. The average molecular weight is 557 g/mol. The van der Waals surface area contributed by atoms with E-state index < -0.39 is 5.41 Å².